The highest BCUT2D eigenvalue weighted by Gasteiger charge is 2.22. The van der Waals surface area contributed by atoms with Gasteiger partial charge in [-0.2, -0.15) is 0 Å². The third-order valence-electron chi connectivity index (χ3n) is 3.20. The fourth-order valence-electron chi connectivity index (χ4n) is 2.16. The summed E-state index contributed by atoms with van der Waals surface area (Å²) >= 11 is 3.10. The molecular formula is C13H11BrFN3O. The molecule has 0 spiro atoms. The number of nitrogens with zero attached hydrogens (tertiary/aromatic N) is 3. The number of hydrogen-bond acceptors (Lipinski definition) is 2. The molecule has 0 saturated heterocycles. The summed E-state index contributed by atoms with van der Waals surface area (Å²) in [5.74, 6) is 0.404. The highest BCUT2D eigenvalue weighted by atomic mass is 79.9. The first-order chi connectivity index (χ1) is 9.15. The summed E-state index contributed by atoms with van der Waals surface area (Å²) < 4.78 is 15.5. The molecule has 0 atom stereocenters. The fourth-order valence-corrected chi connectivity index (χ4v) is 2.54. The number of hydrogen-bond donors (Lipinski definition) is 0. The Bertz CT molecular complexity index is 641. The summed E-state index contributed by atoms with van der Waals surface area (Å²) in [5.41, 5.74) is 0.480. The van der Waals surface area contributed by atoms with Crippen molar-refractivity contribution in [2.45, 2.75) is 13.1 Å². The molecule has 0 fully saturated rings. The van der Waals surface area contributed by atoms with Crippen LogP contribution in [0.5, 0.6) is 0 Å². The number of fused-ring (bicyclic) bond motifs is 1. The van der Waals surface area contributed by atoms with Gasteiger partial charge in [-0.05, 0) is 34.1 Å². The Labute approximate surface area is 118 Å². The predicted molar refractivity (Wildman–Crippen MR) is 71.1 cm³/mol. The second kappa shape index (κ2) is 4.77. The van der Waals surface area contributed by atoms with Gasteiger partial charge in [-0.1, -0.05) is 0 Å². The standard InChI is InChI=1S/C13H11BrFN3O/c14-10-7-9(1-2-11(10)15)13(19)18-6-5-17-4-3-16-12(17)8-18/h1-4,7H,5-6,8H2. The zero-order valence-corrected chi connectivity index (χ0v) is 11.6. The zero-order chi connectivity index (χ0) is 13.4. The smallest absolute Gasteiger partial charge is 0.254 e. The number of halogens is 2. The summed E-state index contributed by atoms with van der Waals surface area (Å²) in [6, 6.07) is 4.31. The average Bonchev–Trinajstić information content (AvgIpc) is 2.88. The Balaban J connectivity index is 1.83. The monoisotopic (exact) mass is 323 g/mol. The van der Waals surface area contributed by atoms with Gasteiger partial charge in [0, 0.05) is 31.0 Å². The molecule has 1 aromatic heterocycles. The Morgan fingerprint density at radius 2 is 2.21 bits per heavy atom. The summed E-state index contributed by atoms with van der Waals surface area (Å²) in [6.45, 7) is 1.86. The van der Waals surface area contributed by atoms with E-state index in [1.807, 2.05) is 10.8 Å². The largest absolute Gasteiger partial charge is 0.332 e. The second-order valence-electron chi connectivity index (χ2n) is 4.39. The minimum atomic E-state index is -0.370. The summed E-state index contributed by atoms with van der Waals surface area (Å²) in [6.07, 6.45) is 3.64. The predicted octanol–water partition coefficient (Wildman–Crippen LogP) is 2.44. The Hall–Kier alpha value is -1.69. The lowest BCUT2D eigenvalue weighted by Crippen LogP contribution is -2.38. The second-order valence-corrected chi connectivity index (χ2v) is 5.25. The van der Waals surface area contributed by atoms with Gasteiger partial charge in [0.1, 0.15) is 11.6 Å². The van der Waals surface area contributed by atoms with E-state index in [0.29, 0.717) is 23.1 Å². The van der Waals surface area contributed by atoms with Crippen LogP contribution in [0.1, 0.15) is 16.2 Å². The summed E-state index contributed by atoms with van der Waals surface area (Å²) in [4.78, 5) is 18.3. The van der Waals surface area contributed by atoms with Crippen LogP contribution in [0.2, 0.25) is 0 Å². The third-order valence-corrected chi connectivity index (χ3v) is 3.81. The highest BCUT2D eigenvalue weighted by Crippen LogP contribution is 2.19. The molecule has 1 aliphatic heterocycles. The maximum absolute atomic E-state index is 13.2. The van der Waals surface area contributed by atoms with Gasteiger partial charge in [-0.15, -0.1) is 0 Å². The highest BCUT2D eigenvalue weighted by molar-refractivity contribution is 9.10. The van der Waals surface area contributed by atoms with Crippen LogP contribution in [0.3, 0.4) is 0 Å². The van der Waals surface area contributed by atoms with Gasteiger partial charge in [0.2, 0.25) is 0 Å². The van der Waals surface area contributed by atoms with Crippen molar-refractivity contribution >= 4 is 21.8 Å². The number of aromatic nitrogens is 2. The maximum Gasteiger partial charge on any atom is 0.254 e. The van der Waals surface area contributed by atoms with E-state index in [4.69, 9.17) is 0 Å². The van der Waals surface area contributed by atoms with E-state index in [-0.39, 0.29) is 11.7 Å². The van der Waals surface area contributed by atoms with Gasteiger partial charge in [-0.3, -0.25) is 4.79 Å². The van der Waals surface area contributed by atoms with Crippen molar-refractivity contribution in [1.29, 1.82) is 0 Å². The lowest BCUT2D eigenvalue weighted by Gasteiger charge is -2.27. The van der Waals surface area contributed by atoms with Crippen molar-refractivity contribution < 1.29 is 9.18 Å². The van der Waals surface area contributed by atoms with E-state index < -0.39 is 0 Å². The Kier molecular flexibility index (Phi) is 3.10. The van der Waals surface area contributed by atoms with Crippen LogP contribution in [0.4, 0.5) is 4.39 Å². The normalized spacial score (nSPS) is 14.3. The van der Waals surface area contributed by atoms with Crippen LogP contribution in [0, 0.1) is 5.82 Å². The van der Waals surface area contributed by atoms with Crippen LogP contribution in [-0.2, 0) is 13.1 Å². The number of carbonyl (C=O) groups excluding carboxylic acids is 1. The van der Waals surface area contributed by atoms with Crippen LogP contribution < -0.4 is 0 Å². The molecule has 0 aliphatic carbocycles. The van der Waals surface area contributed by atoms with Gasteiger partial charge in [-0.25, -0.2) is 9.37 Å². The maximum atomic E-state index is 13.2. The van der Waals surface area contributed by atoms with E-state index in [1.54, 1.807) is 11.1 Å². The van der Waals surface area contributed by atoms with Crippen molar-refractivity contribution in [3.63, 3.8) is 0 Å². The van der Waals surface area contributed by atoms with Crippen LogP contribution in [-0.4, -0.2) is 26.9 Å². The average molecular weight is 324 g/mol. The molecule has 0 radical (unpaired) electrons. The molecule has 19 heavy (non-hydrogen) atoms. The van der Waals surface area contributed by atoms with Gasteiger partial charge >= 0.3 is 0 Å². The van der Waals surface area contributed by atoms with Crippen LogP contribution in [0.25, 0.3) is 0 Å². The molecule has 0 unspecified atom stereocenters. The first-order valence-electron chi connectivity index (χ1n) is 5.89. The third kappa shape index (κ3) is 2.28. The molecule has 4 nitrogen and oxygen atoms in total. The molecular weight excluding hydrogens is 313 g/mol. The Morgan fingerprint density at radius 1 is 1.37 bits per heavy atom. The van der Waals surface area contributed by atoms with Crippen LogP contribution >= 0.6 is 15.9 Å². The zero-order valence-electron chi connectivity index (χ0n) is 10.0. The SMILES string of the molecule is O=C(c1ccc(F)c(Br)c1)N1CCn2ccnc2C1. The lowest BCUT2D eigenvalue weighted by atomic mass is 10.2. The van der Waals surface area contributed by atoms with Gasteiger partial charge in [0.25, 0.3) is 5.91 Å². The van der Waals surface area contributed by atoms with Crippen LogP contribution in [0.15, 0.2) is 35.1 Å². The molecule has 0 bridgehead atoms. The van der Waals surface area contributed by atoms with Gasteiger partial charge in [0.05, 0.1) is 11.0 Å². The van der Waals surface area contributed by atoms with E-state index in [0.717, 1.165) is 12.4 Å². The fraction of sp³-hybridized carbons (Fsp3) is 0.231. The number of benzene rings is 1. The summed E-state index contributed by atoms with van der Waals surface area (Å²) in [7, 11) is 0. The molecule has 2 heterocycles. The van der Waals surface area contributed by atoms with E-state index in [9.17, 15) is 9.18 Å². The number of rotatable bonds is 1. The molecule has 1 aromatic carbocycles. The van der Waals surface area contributed by atoms with Crippen molar-refractivity contribution in [2.24, 2.45) is 0 Å². The number of amides is 1. The molecule has 0 N–H and O–H groups in total. The minimum Gasteiger partial charge on any atom is -0.332 e. The van der Waals surface area contributed by atoms with E-state index in [1.165, 1.54) is 18.2 Å². The van der Waals surface area contributed by atoms with Gasteiger partial charge < -0.3 is 9.47 Å². The lowest BCUT2D eigenvalue weighted by molar-refractivity contribution is 0.0707. The molecule has 2 aromatic rings. The molecule has 98 valence electrons. The topological polar surface area (TPSA) is 38.1 Å². The molecule has 0 saturated carbocycles. The van der Waals surface area contributed by atoms with Gasteiger partial charge in [0.15, 0.2) is 0 Å². The quantitative estimate of drug-likeness (QED) is 0.808. The molecule has 3 rings (SSSR count). The van der Waals surface area contributed by atoms with Crippen molar-refractivity contribution in [2.75, 3.05) is 6.54 Å². The number of imidazole rings is 1. The molecule has 1 amide bonds. The minimum absolute atomic E-state index is 0.102. The summed E-state index contributed by atoms with van der Waals surface area (Å²) in [5, 5.41) is 0. The van der Waals surface area contributed by atoms with Crippen molar-refractivity contribution in [3.05, 3.63) is 52.3 Å². The first kappa shape index (κ1) is 12.3. The first-order valence-corrected chi connectivity index (χ1v) is 6.69. The Morgan fingerprint density at radius 3 is 3.00 bits per heavy atom. The number of carbonyl (C=O) groups is 1. The molecule has 6 heteroatoms. The van der Waals surface area contributed by atoms with Crippen molar-refractivity contribution in [1.82, 2.24) is 14.5 Å². The molecule has 1 aliphatic rings. The van der Waals surface area contributed by atoms with Crippen molar-refractivity contribution in [3.8, 4) is 0 Å². The van der Waals surface area contributed by atoms with E-state index >= 15 is 0 Å². The van der Waals surface area contributed by atoms with E-state index in [2.05, 4.69) is 20.9 Å².